The Morgan fingerprint density at radius 3 is 2.69 bits per heavy atom. The van der Waals surface area contributed by atoms with Gasteiger partial charge in [0.2, 0.25) is 0 Å². The Hall–Kier alpha value is -1.92. The van der Waals surface area contributed by atoms with E-state index in [0.29, 0.717) is 28.7 Å². The van der Waals surface area contributed by atoms with E-state index in [0.717, 1.165) is 10.6 Å². The number of aryl methyl sites for hydroxylation is 1. The van der Waals surface area contributed by atoms with Gasteiger partial charge in [0.25, 0.3) is 5.91 Å². The molecule has 5 nitrogen and oxygen atoms in total. The molecule has 0 aliphatic carbocycles. The first kappa shape index (κ1) is 20.4. The van der Waals surface area contributed by atoms with E-state index in [1.165, 1.54) is 18.4 Å². The smallest absolute Gasteiger partial charge is 0.307 e. The van der Waals surface area contributed by atoms with Crippen LogP contribution < -0.4 is 0 Å². The summed E-state index contributed by atoms with van der Waals surface area (Å²) >= 11 is 7.40. The van der Waals surface area contributed by atoms with Crippen LogP contribution in [0.5, 0.6) is 0 Å². The summed E-state index contributed by atoms with van der Waals surface area (Å²) in [4.78, 5) is 31.3. The van der Waals surface area contributed by atoms with Gasteiger partial charge in [-0.25, -0.2) is 4.98 Å². The van der Waals surface area contributed by atoms with E-state index < -0.39 is 0 Å². The summed E-state index contributed by atoms with van der Waals surface area (Å²) in [6.07, 6.45) is 0.175. The maximum atomic E-state index is 13.0. The van der Waals surface area contributed by atoms with Crippen LogP contribution in [0.4, 0.5) is 0 Å². The molecular weight excluding hydrogens is 372 g/mol. The fourth-order valence-electron chi connectivity index (χ4n) is 2.53. The maximum Gasteiger partial charge on any atom is 0.307 e. The van der Waals surface area contributed by atoms with Crippen molar-refractivity contribution in [2.24, 2.45) is 5.92 Å². The molecule has 0 atom stereocenters. The Bertz CT molecular complexity index is 789. The van der Waals surface area contributed by atoms with Gasteiger partial charge in [-0.15, -0.1) is 11.3 Å². The third-order valence-corrected chi connectivity index (χ3v) is 5.18. The van der Waals surface area contributed by atoms with Crippen molar-refractivity contribution in [2.75, 3.05) is 20.2 Å². The van der Waals surface area contributed by atoms with Gasteiger partial charge in [0.15, 0.2) is 0 Å². The number of thiazole rings is 1. The third kappa shape index (κ3) is 5.29. The molecule has 0 aliphatic rings. The zero-order chi connectivity index (χ0) is 19.3. The molecule has 0 aliphatic heterocycles. The monoisotopic (exact) mass is 394 g/mol. The Balaban J connectivity index is 2.26. The number of amides is 1. The molecule has 0 spiro atoms. The molecule has 0 N–H and O–H groups in total. The lowest BCUT2D eigenvalue weighted by molar-refractivity contribution is -0.140. The van der Waals surface area contributed by atoms with Crippen LogP contribution in [0.1, 0.15) is 35.6 Å². The van der Waals surface area contributed by atoms with Crippen LogP contribution >= 0.6 is 22.9 Å². The summed E-state index contributed by atoms with van der Waals surface area (Å²) < 4.78 is 4.69. The Kier molecular flexibility index (Phi) is 7.17. The van der Waals surface area contributed by atoms with Crippen molar-refractivity contribution in [3.63, 3.8) is 0 Å². The van der Waals surface area contributed by atoms with Crippen LogP contribution in [0.2, 0.25) is 5.02 Å². The number of aromatic nitrogens is 1. The molecule has 140 valence electrons. The fraction of sp³-hybridized carbons (Fsp3) is 0.421. The second-order valence-corrected chi connectivity index (χ2v) is 7.85. The summed E-state index contributed by atoms with van der Waals surface area (Å²) in [5.74, 6) is -0.143. The van der Waals surface area contributed by atoms with Crippen molar-refractivity contribution in [3.05, 3.63) is 39.9 Å². The van der Waals surface area contributed by atoms with E-state index in [-0.39, 0.29) is 24.2 Å². The van der Waals surface area contributed by atoms with Crippen LogP contribution in [0, 0.1) is 12.8 Å². The number of carbonyl (C=O) groups is 2. The van der Waals surface area contributed by atoms with Crippen LogP contribution in [0.15, 0.2) is 24.3 Å². The second kappa shape index (κ2) is 9.14. The quantitative estimate of drug-likeness (QED) is 0.651. The van der Waals surface area contributed by atoms with Gasteiger partial charge in [-0.3, -0.25) is 9.59 Å². The predicted octanol–water partition coefficient (Wildman–Crippen LogP) is 4.43. The van der Waals surface area contributed by atoms with Gasteiger partial charge in [0.1, 0.15) is 9.88 Å². The van der Waals surface area contributed by atoms with Crippen molar-refractivity contribution in [2.45, 2.75) is 27.2 Å². The van der Waals surface area contributed by atoms with Gasteiger partial charge in [-0.2, -0.15) is 0 Å². The molecule has 1 aromatic heterocycles. The second-order valence-electron chi connectivity index (χ2n) is 6.42. The summed E-state index contributed by atoms with van der Waals surface area (Å²) in [5.41, 5.74) is 1.57. The molecule has 0 saturated carbocycles. The standard InChI is InChI=1S/C19H23ClN2O3S/c1-12(2)11-22(9-8-16(23)25-4)19(24)17-13(3)21-18(26-17)14-6-5-7-15(20)10-14/h5-7,10,12H,8-9,11H2,1-4H3. The van der Waals surface area contributed by atoms with Crippen molar-refractivity contribution >= 4 is 34.8 Å². The number of carbonyl (C=O) groups excluding carboxylic acids is 2. The number of esters is 1. The van der Waals surface area contributed by atoms with Gasteiger partial charge in [-0.1, -0.05) is 37.6 Å². The first-order valence-corrected chi connectivity index (χ1v) is 9.60. The molecule has 0 unspecified atom stereocenters. The number of benzene rings is 1. The molecule has 26 heavy (non-hydrogen) atoms. The normalized spacial score (nSPS) is 10.8. The summed E-state index contributed by atoms with van der Waals surface area (Å²) in [7, 11) is 1.35. The lowest BCUT2D eigenvalue weighted by atomic mass is 10.2. The van der Waals surface area contributed by atoms with Gasteiger partial charge in [0, 0.05) is 23.7 Å². The summed E-state index contributed by atoms with van der Waals surface area (Å²) in [6, 6.07) is 7.41. The van der Waals surface area contributed by atoms with E-state index in [1.807, 2.05) is 39.0 Å². The van der Waals surface area contributed by atoms with Crippen LogP contribution in [0.25, 0.3) is 10.6 Å². The highest BCUT2D eigenvalue weighted by Gasteiger charge is 2.23. The molecule has 0 saturated heterocycles. The number of ether oxygens (including phenoxy) is 1. The first-order valence-electron chi connectivity index (χ1n) is 8.41. The van der Waals surface area contributed by atoms with E-state index in [2.05, 4.69) is 9.72 Å². The fourth-order valence-corrected chi connectivity index (χ4v) is 3.75. The first-order chi connectivity index (χ1) is 12.3. The summed E-state index contributed by atoms with van der Waals surface area (Å²) in [5, 5.41) is 1.38. The van der Waals surface area contributed by atoms with Gasteiger partial charge >= 0.3 is 5.97 Å². The topological polar surface area (TPSA) is 59.5 Å². The Morgan fingerprint density at radius 1 is 1.35 bits per heavy atom. The predicted molar refractivity (Wildman–Crippen MR) is 105 cm³/mol. The van der Waals surface area contributed by atoms with Crippen molar-refractivity contribution < 1.29 is 14.3 Å². The average Bonchev–Trinajstić information content (AvgIpc) is 2.99. The molecule has 1 heterocycles. The summed E-state index contributed by atoms with van der Waals surface area (Å²) in [6.45, 7) is 6.80. The van der Waals surface area contributed by atoms with Crippen LogP contribution in [-0.4, -0.2) is 42.0 Å². The largest absolute Gasteiger partial charge is 0.469 e. The molecule has 7 heteroatoms. The number of rotatable bonds is 7. The van der Waals surface area contributed by atoms with Crippen molar-refractivity contribution in [1.82, 2.24) is 9.88 Å². The van der Waals surface area contributed by atoms with Gasteiger partial charge in [-0.05, 0) is 25.0 Å². The third-order valence-electron chi connectivity index (χ3n) is 3.75. The van der Waals surface area contributed by atoms with Crippen molar-refractivity contribution in [3.8, 4) is 10.6 Å². The number of hydrogen-bond acceptors (Lipinski definition) is 5. The minimum Gasteiger partial charge on any atom is -0.469 e. The zero-order valence-corrected chi connectivity index (χ0v) is 17.0. The number of hydrogen-bond donors (Lipinski definition) is 0. The molecule has 1 amide bonds. The number of methoxy groups -OCH3 is 1. The molecule has 0 radical (unpaired) electrons. The molecule has 2 rings (SSSR count). The van der Waals surface area contributed by atoms with Gasteiger partial charge in [0.05, 0.1) is 19.2 Å². The van der Waals surface area contributed by atoms with Crippen LogP contribution in [0.3, 0.4) is 0 Å². The SMILES string of the molecule is COC(=O)CCN(CC(C)C)C(=O)c1sc(-c2cccc(Cl)c2)nc1C. The van der Waals surface area contributed by atoms with E-state index >= 15 is 0 Å². The lowest BCUT2D eigenvalue weighted by Gasteiger charge is -2.23. The minimum atomic E-state index is -0.327. The minimum absolute atomic E-state index is 0.106. The average molecular weight is 395 g/mol. The van der Waals surface area contributed by atoms with E-state index in [1.54, 1.807) is 11.0 Å². The van der Waals surface area contributed by atoms with Crippen LogP contribution in [-0.2, 0) is 9.53 Å². The Labute approximate surface area is 162 Å². The highest BCUT2D eigenvalue weighted by Crippen LogP contribution is 2.30. The highest BCUT2D eigenvalue weighted by molar-refractivity contribution is 7.17. The van der Waals surface area contributed by atoms with E-state index in [9.17, 15) is 9.59 Å². The number of nitrogens with zero attached hydrogens (tertiary/aromatic N) is 2. The molecule has 1 aromatic carbocycles. The zero-order valence-electron chi connectivity index (χ0n) is 15.4. The lowest BCUT2D eigenvalue weighted by Crippen LogP contribution is -2.36. The highest BCUT2D eigenvalue weighted by atomic mass is 35.5. The maximum absolute atomic E-state index is 13.0. The van der Waals surface area contributed by atoms with Gasteiger partial charge < -0.3 is 9.64 Å². The molecular formula is C19H23ClN2O3S. The molecule has 0 fully saturated rings. The molecule has 0 bridgehead atoms. The molecule has 2 aromatic rings. The number of halogens is 1. The Morgan fingerprint density at radius 2 is 2.08 bits per heavy atom. The van der Waals surface area contributed by atoms with E-state index in [4.69, 9.17) is 11.6 Å². The van der Waals surface area contributed by atoms with Crippen molar-refractivity contribution in [1.29, 1.82) is 0 Å².